The molecule has 9 heteroatoms. The SMILES string of the molecule is CCOC(=O)CCCN1C(S)N(c2cnc(C#N)c(SC)c2)C(=O)C1(C)C. The number of nitrogens with zero attached hydrogens (tertiary/aromatic N) is 4. The highest BCUT2D eigenvalue weighted by molar-refractivity contribution is 7.98. The van der Waals surface area contributed by atoms with Gasteiger partial charge in [0.1, 0.15) is 11.6 Å². The van der Waals surface area contributed by atoms with E-state index in [1.165, 1.54) is 18.0 Å². The molecule has 7 nitrogen and oxygen atoms in total. The van der Waals surface area contributed by atoms with Gasteiger partial charge in [0.25, 0.3) is 0 Å². The van der Waals surface area contributed by atoms with Gasteiger partial charge in [-0.1, -0.05) is 0 Å². The van der Waals surface area contributed by atoms with E-state index in [1.54, 1.807) is 17.9 Å². The Hall–Kier alpha value is -1.76. The van der Waals surface area contributed by atoms with E-state index in [0.29, 0.717) is 42.3 Å². The largest absolute Gasteiger partial charge is 0.466 e. The zero-order chi connectivity index (χ0) is 20.2. The van der Waals surface area contributed by atoms with Crippen LogP contribution in [-0.2, 0) is 14.3 Å². The van der Waals surface area contributed by atoms with Gasteiger partial charge < -0.3 is 4.74 Å². The lowest BCUT2D eigenvalue weighted by Gasteiger charge is -2.30. The second-order valence-corrected chi connectivity index (χ2v) is 7.85. The van der Waals surface area contributed by atoms with Crippen LogP contribution < -0.4 is 4.90 Å². The predicted octanol–water partition coefficient (Wildman–Crippen LogP) is 2.66. The third-order valence-corrected chi connectivity index (χ3v) is 5.76. The highest BCUT2D eigenvalue weighted by atomic mass is 32.2. The molecule has 0 N–H and O–H groups in total. The van der Waals surface area contributed by atoms with E-state index >= 15 is 0 Å². The molecular formula is C18H24N4O3S2. The molecule has 2 rings (SSSR count). The summed E-state index contributed by atoms with van der Waals surface area (Å²) in [5, 5.41) is 9.15. The van der Waals surface area contributed by atoms with Gasteiger partial charge in [-0.3, -0.25) is 19.4 Å². The fourth-order valence-electron chi connectivity index (χ4n) is 3.03. The smallest absolute Gasteiger partial charge is 0.305 e. The molecule has 1 aliphatic heterocycles. The van der Waals surface area contributed by atoms with E-state index in [-0.39, 0.29) is 11.9 Å². The molecule has 1 atom stereocenters. The first-order valence-electron chi connectivity index (χ1n) is 8.66. The number of esters is 1. The highest BCUT2D eigenvalue weighted by Gasteiger charge is 2.50. The molecule has 1 aliphatic rings. The van der Waals surface area contributed by atoms with Crippen molar-refractivity contribution in [1.82, 2.24) is 9.88 Å². The van der Waals surface area contributed by atoms with Crippen LogP contribution in [0.4, 0.5) is 5.69 Å². The zero-order valence-electron chi connectivity index (χ0n) is 15.9. The number of thioether (sulfide) groups is 1. The summed E-state index contributed by atoms with van der Waals surface area (Å²) in [5.41, 5.74) is -0.322. The number of carbonyl (C=O) groups is 2. The number of aromatic nitrogens is 1. The van der Waals surface area contributed by atoms with Crippen molar-refractivity contribution >= 4 is 42.0 Å². The van der Waals surface area contributed by atoms with Crippen molar-refractivity contribution in [2.45, 2.75) is 49.5 Å². The molecular weight excluding hydrogens is 384 g/mol. The highest BCUT2D eigenvalue weighted by Crippen LogP contribution is 2.37. The molecule has 0 spiro atoms. The number of carbonyl (C=O) groups excluding carboxylic acids is 2. The quantitative estimate of drug-likeness (QED) is 0.422. The van der Waals surface area contributed by atoms with Gasteiger partial charge in [0, 0.05) is 17.9 Å². The number of nitriles is 1. The molecule has 1 fully saturated rings. The van der Waals surface area contributed by atoms with Crippen LogP contribution in [0.3, 0.4) is 0 Å². The Morgan fingerprint density at radius 1 is 1.52 bits per heavy atom. The Bertz CT molecular complexity index is 763. The van der Waals surface area contributed by atoms with Crippen molar-refractivity contribution in [3.63, 3.8) is 0 Å². The van der Waals surface area contributed by atoms with Gasteiger partial charge in [-0.25, -0.2) is 4.98 Å². The molecule has 0 aromatic carbocycles. The number of rotatable bonds is 7. The summed E-state index contributed by atoms with van der Waals surface area (Å²) in [6, 6.07) is 3.84. The van der Waals surface area contributed by atoms with Crippen molar-refractivity contribution in [1.29, 1.82) is 5.26 Å². The summed E-state index contributed by atoms with van der Waals surface area (Å²) < 4.78 is 4.95. The van der Waals surface area contributed by atoms with E-state index in [0.717, 1.165) is 0 Å². The number of pyridine rings is 1. The van der Waals surface area contributed by atoms with E-state index < -0.39 is 11.0 Å². The second kappa shape index (κ2) is 8.95. The molecule has 1 aromatic rings. The Morgan fingerprint density at radius 2 is 2.22 bits per heavy atom. The lowest BCUT2D eigenvalue weighted by Crippen LogP contribution is -2.45. The Kier molecular flexibility index (Phi) is 7.14. The van der Waals surface area contributed by atoms with Gasteiger partial charge >= 0.3 is 5.97 Å². The second-order valence-electron chi connectivity index (χ2n) is 6.54. The van der Waals surface area contributed by atoms with Crippen LogP contribution in [0.15, 0.2) is 17.2 Å². The van der Waals surface area contributed by atoms with Crippen molar-refractivity contribution in [2.75, 3.05) is 24.3 Å². The Morgan fingerprint density at radius 3 is 2.81 bits per heavy atom. The van der Waals surface area contributed by atoms with Crippen molar-refractivity contribution in [3.05, 3.63) is 18.0 Å². The van der Waals surface area contributed by atoms with Gasteiger partial charge in [0.15, 0.2) is 5.69 Å². The van der Waals surface area contributed by atoms with Gasteiger partial charge in [0.2, 0.25) is 5.91 Å². The van der Waals surface area contributed by atoms with Gasteiger partial charge in [0.05, 0.1) is 24.0 Å². The maximum Gasteiger partial charge on any atom is 0.305 e. The summed E-state index contributed by atoms with van der Waals surface area (Å²) in [4.78, 5) is 33.0. The lowest BCUT2D eigenvalue weighted by molar-refractivity contribution is -0.143. The topological polar surface area (TPSA) is 86.5 Å². The Balaban J connectivity index is 2.21. The average Bonchev–Trinajstić information content (AvgIpc) is 2.80. The van der Waals surface area contributed by atoms with E-state index in [4.69, 9.17) is 10.00 Å². The number of ether oxygens (including phenoxy) is 1. The van der Waals surface area contributed by atoms with E-state index in [2.05, 4.69) is 23.7 Å². The molecule has 27 heavy (non-hydrogen) atoms. The number of hydrogen-bond acceptors (Lipinski definition) is 8. The van der Waals surface area contributed by atoms with Crippen LogP contribution in [0, 0.1) is 11.3 Å². The molecule has 146 valence electrons. The minimum absolute atomic E-state index is 0.0998. The fourth-order valence-corrected chi connectivity index (χ4v) is 4.20. The first-order valence-corrected chi connectivity index (χ1v) is 10.4. The average molecular weight is 409 g/mol. The van der Waals surface area contributed by atoms with Gasteiger partial charge in [-0.2, -0.15) is 5.26 Å². The molecule has 0 radical (unpaired) electrons. The molecule has 0 bridgehead atoms. The summed E-state index contributed by atoms with van der Waals surface area (Å²) >= 11 is 6.06. The molecule has 0 aliphatic carbocycles. The summed E-state index contributed by atoms with van der Waals surface area (Å²) in [7, 11) is 0. The van der Waals surface area contributed by atoms with Crippen LogP contribution in [-0.4, -0.2) is 52.2 Å². The first-order chi connectivity index (χ1) is 12.8. The van der Waals surface area contributed by atoms with Crippen LogP contribution in [0.25, 0.3) is 0 Å². The summed E-state index contributed by atoms with van der Waals surface area (Å²) in [6.07, 6.45) is 4.25. The monoisotopic (exact) mass is 408 g/mol. The van der Waals surface area contributed by atoms with E-state index in [1.807, 2.05) is 25.0 Å². The maximum atomic E-state index is 13.0. The van der Waals surface area contributed by atoms with Crippen molar-refractivity contribution in [2.24, 2.45) is 0 Å². The fraction of sp³-hybridized carbons (Fsp3) is 0.556. The van der Waals surface area contributed by atoms with E-state index in [9.17, 15) is 9.59 Å². The first kappa shape index (κ1) is 21.5. The van der Waals surface area contributed by atoms with Gasteiger partial charge in [-0.05, 0) is 39.5 Å². The van der Waals surface area contributed by atoms with Crippen LogP contribution in [0.5, 0.6) is 0 Å². The molecule has 0 saturated carbocycles. The number of amides is 1. The van der Waals surface area contributed by atoms with Crippen molar-refractivity contribution < 1.29 is 14.3 Å². The van der Waals surface area contributed by atoms with Crippen LogP contribution in [0.2, 0.25) is 0 Å². The maximum absolute atomic E-state index is 13.0. The molecule has 1 unspecified atom stereocenters. The summed E-state index contributed by atoms with van der Waals surface area (Å²) in [5.74, 6) is -0.341. The zero-order valence-corrected chi connectivity index (χ0v) is 17.6. The van der Waals surface area contributed by atoms with Gasteiger partial charge in [-0.15, -0.1) is 24.4 Å². The van der Waals surface area contributed by atoms with Crippen LogP contribution >= 0.6 is 24.4 Å². The minimum atomic E-state index is -0.769. The number of hydrogen-bond donors (Lipinski definition) is 1. The lowest BCUT2D eigenvalue weighted by atomic mass is 10.0. The summed E-state index contributed by atoms with van der Waals surface area (Å²) in [6.45, 7) is 6.35. The van der Waals surface area contributed by atoms with Crippen molar-refractivity contribution in [3.8, 4) is 6.07 Å². The number of thiol groups is 1. The Labute approximate surface area is 169 Å². The molecule has 1 amide bonds. The minimum Gasteiger partial charge on any atom is -0.466 e. The standard InChI is InChI=1S/C18H24N4O3S2/c1-5-25-15(23)7-6-8-21-17(26)22(16(24)18(21,2)3)12-9-14(27-4)13(10-19)20-11-12/h9,11,17,26H,5-8H2,1-4H3. The molecule has 2 heterocycles. The third kappa shape index (κ3) is 4.39. The third-order valence-electron chi connectivity index (χ3n) is 4.50. The predicted molar refractivity (Wildman–Crippen MR) is 108 cm³/mol. The number of anilines is 1. The molecule has 1 saturated heterocycles. The molecule has 1 aromatic heterocycles. The normalized spacial score (nSPS) is 19.2. The van der Waals surface area contributed by atoms with Crippen LogP contribution in [0.1, 0.15) is 39.3 Å².